The van der Waals surface area contributed by atoms with E-state index in [2.05, 4.69) is 4.72 Å². The van der Waals surface area contributed by atoms with Gasteiger partial charge < -0.3 is 5.11 Å². The van der Waals surface area contributed by atoms with Gasteiger partial charge in [-0.25, -0.2) is 13.1 Å². The van der Waals surface area contributed by atoms with Crippen LogP contribution in [0.2, 0.25) is 0 Å². The second-order valence-corrected chi connectivity index (χ2v) is 7.74. The molecule has 0 aliphatic heterocycles. The zero-order valence-corrected chi connectivity index (χ0v) is 12.7. The molecule has 1 unspecified atom stereocenters. The highest BCUT2D eigenvalue weighted by Crippen LogP contribution is 2.26. The number of sulfonamides is 1. The van der Waals surface area contributed by atoms with Gasteiger partial charge in [0.05, 0.1) is 5.75 Å². The van der Waals surface area contributed by atoms with Crippen LogP contribution >= 0.6 is 0 Å². The molecular weight excluding hydrogens is 274 g/mol. The summed E-state index contributed by atoms with van der Waals surface area (Å²) in [5.74, 6) is 0.451. The molecular formula is C15H23NO3S. The molecule has 0 heterocycles. The van der Waals surface area contributed by atoms with Crippen LogP contribution in [0.3, 0.4) is 0 Å². The Balaban J connectivity index is 1.93. The van der Waals surface area contributed by atoms with Gasteiger partial charge >= 0.3 is 0 Å². The van der Waals surface area contributed by atoms with Gasteiger partial charge in [0.15, 0.2) is 0 Å². The van der Waals surface area contributed by atoms with E-state index < -0.39 is 15.6 Å². The molecule has 1 aliphatic rings. The van der Waals surface area contributed by atoms with Gasteiger partial charge in [0.2, 0.25) is 10.0 Å². The zero-order valence-electron chi connectivity index (χ0n) is 11.9. The van der Waals surface area contributed by atoms with E-state index in [9.17, 15) is 13.5 Å². The number of hydrogen-bond acceptors (Lipinski definition) is 3. The highest BCUT2D eigenvalue weighted by atomic mass is 32.2. The van der Waals surface area contributed by atoms with Crippen LogP contribution in [0.15, 0.2) is 30.3 Å². The molecule has 1 atom stereocenters. The summed E-state index contributed by atoms with van der Waals surface area (Å²) >= 11 is 0. The lowest BCUT2D eigenvalue weighted by molar-refractivity contribution is 0.0627. The fraction of sp³-hybridized carbons (Fsp3) is 0.600. The Morgan fingerprint density at radius 2 is 1.85 bits per heavy atom. The summed E-state index contributed by atoms with van der Waals surface area (Å²) in [4.78, 5) is 0. The highest BCUT2D eigenvalue weighted by molar-refractivity contribution is 7.89. The van der Waals surface area contributed by atoms with E-state index in [0.29, 0.717) is 5.56 Å². The Morgan fingerprint density at radius 3 is 2.45 bits per heavy atom. The van der Waals surface area contributed by atoms with Crippen molar-refractivity contribution >= 4 is 10.0 Å². The molecule has 0 bridgehead atoms. The van der Waals surface area contributed by atoms with E-state index in [1.165, 1.54) is 0 Å². The van der Waals surface area contributed by atoms with E-state index in [-0.39, 0.29) is 18.2 Å². The molecule has 5 heteroatoms. The molecule has 2 N–H and O–H groups in total. The molecule has 0 radical (unpaired) electrons. The maximum atomic E-state index is 12.0. The number of nitrogens with one attached hydrogen (secondary N) is 1. The van der Waals surface area contributed by atoms with Gasteiger partial charge in [0.25, 0.3) is 0 Å². The Kier molecular flexibility index (Phi) is 4.83. The monoisotopic (exact) mass is 297 g/mol. The summed E-state index contributed by atoms with van der Waals surface area (Å²) in [6, 6.07) is 9.12. The van der Waals surface area contributed by atoms with E-state index in [0.717, 1.165) is 25.7 Å². The van der Waals surface area contributed by atoms with Crippen LogP contribution in [-0.4, -0.2) is 25.8 Å². The summed E-state index contributed by atoms with van der Waals surface area (Å²) < 4.78 is 26.6. The van der Waals surface area contributed by atoms with Crippen molar-refractivity contribution in [1.82, 2.24) is 4.72 Å². The van der Waals surface area contributed by atoms with Crippen molar-refractivity contribution in [3.63, 3.8) is 0 Å². The van der Waals surface area contributed by atoms with Crippen LogP contribution in [-0.2, 0) is 15.6 Å². The number of rotatable bonds is 6. The third kappa shape index (κ3) is 4.30. The highest BCUT2D eigenvalue weighted by Gasteiger charge is 2.27. The predicted octanol–water partition coefficient (Wildman–Crippen LogP) is 2.00. The molecule has 4 nitrogen and oxygen atoms in total. The third-order valence-corrected chi connectivity index (χ3v) is 5.46. The second kappa shape index (κ2) is 6.24. The molecule has 2 rings (SSSR count). The Hall–Kier alpha value is -0.910. The van der Waals surface area contributed by atoms with Crippen LogP contribution in [0, 0.1) is 5.92 Å². The maximum absolute atomic E-state index is 12.0. The summed E-state index contributed by atoms with van der Waals surface area (Å²) in [5.41, 5.74) is -0.479. The minimum absolute atomic E-state index is 0.00602. The van der Waals surface area contributed by atoms with E-state index in [1.807, 2.05) is 18.2 Å². The largest absolute Gasteiger partial charge is 0.384 e. The Morgan fingerprint density at radius 1 is 1.25 bits per heavy atom. The average molecular weight is 297 g/mol. The van der Waals surface area contributed by atoms with Gasteiger partial charge in [0.1, 0.15) is 5.60 Å². The van der Waals surface area contributed by atoms with Crippen molar-refractivity contribution in [1.29, 1.82) is 0 Å². The first kappa shape index (κ1) is 15.5. The van der Waals surface area contributed by atoms with Crippen LogP contribution in [0.5, 0.6) is 0 Å². The van der Waals surface area contributed by atoms with Gasteiger partial charge in [0, 0.05) is 6.54 Å². The first-order valence-electron chi connectivity index (χ1n) is 7.14. The van der Waals surface area contributed by atoms with Crippen molar-refractivity contribution in [3.05, 3.63) is 35.9 Å². The minimum Gasteiger partial charge on any atom is -0.384 e. The summed E-state index contributed by atoms with van der Waals surface area (Å²) in [6.07, 6.45) is 4.25. The second-order valence-electron chi connectivity index (χ2n) is 5.89. The fourth-order valence-corrected chi connectivity index (χ4v) is 4.27. The molecule has 20 heavy (non-hydrogen) atoms. The van der Waals surface area contributed by atoms with Crippen LogP contribution in [0.4, 0.5) is 0 Å². The summed E-state index contributed by atoms with van der Waals surface area (Å²) in [6.45, 7) is 1.63. The predicted molar refractivity (Wildman–Crippen MR) is 79.8 cm³/mol. The molecule has 0 saturated heterocycles. The van der Waals surface area contributed by atoms with E-state index in [4.69, 9.17) is 0 Å². The maximum Gasteiger partial charge on any atom is 0.211 e. The van der Waals surface area contributed by atoms with Crippen LogP contribution < -0.4 is 4.72 Å². The topological polar surface area (TPSA) is 66.4 Å². The first-order valence-corrected chi connectivity index (χ1v) is 8.79. The summed E-state index contributed by atoms with van der Waals surface area (Å²) in [7, 11) is -3.32. The molecule has 1 fully saturated rings. The molecule has 1 aromatic carbocycles. The Labute approximate surface area is 121 Å². The van der Waals surface area contributed by atoms with Crippen molar-refractivity contribution in [2.45, 2.75) is 38.2 Å². The molecule has 1 saturated carbocycles. The quantitative estimate of drug-likeness (QED) is 0.844. The molecule has 1 aliphatic carbocycles. The van der Waals surface area contributed by atoms with Gasteiger partial charge in [-0.2, -0.15) is 0 Å². The Bertz CT molecular complexity index is 519. The van der Waals surface area contributed by atoms with E-state index >= 15 is 0 Å². The van der Waals surface area contributed by atoms with Gasteiger partial charge in [-0.15, -0.1) is 0 Å². The van der Waals surface area contributed by atoms with Gasteiger partial charge in [-0.05, 0) is 31.2 Å². The molecule has 112 valence electrons. The number of hydrogen-bond donors (Lipinski definition) is 2. The zero-order chi connectivity index (χ0) is 14.6. The molecule has 1 aromatic rings. The lowest BCUT2D eigenvalue weighted by Crippen LogP contribution is -2.40. The number of aliphatic hydroxyl groups is 1. The molecule has 0 spiro atoms. The smallest absolute Gasteiger partial charge is 0.211 e. The fourth-order valence-electron chi connectivity index (χ4n) is 2.70. The molecule has 0 amide bonds. The SMILES string of the molecule is CC(O)(CNS(=O)(=O)CC1CCCC1)c1ccccc1. The van der Waals surface area contributed by atoms with Crippen molar-refractivity contribution in [2.75, 3.05) is 12.3 Å². The molecule has 0 aromatic heterocycles. The van der Waals surface area contributed by atoms with Crippen molar-refractivity contribution < 1.29 is 13.5 Å². The van der Waals surface area contributed by atoms with Crippen molar-refractivity contribution in [2.24, 2.45) is 5.92 Å². The number of benzene rings is 1. The minimum atomic E-state index is -3.32. The van der Waals surface area contributed by atoms with Crippen LogP contribution in [0.1, 0.15) is 38.2 Å². The van der Waals surface area contributed by atoms with Gasteiger partial charge in [-0.1, -0.05) is 43.2 Å². The van der Waals surface area contributed by atoms with E-state index in [1.54, 1.807) is 19.1 Å². The first-order chi connectivity index (χ1) is 9.39. The van der Waals surface area contributed by atoms with Crippen molar-refractivity contribution in [3.8, 4) is 0 Å². The van der Waals surface area contributed by atoms with Crippen LogP contribution in [0.25, 0.3) is 0 Å². The lowest BCUT2D eigenvalue weighted by Gasteiger charge is -2.24. The summed E-state index contributed by atoms with van der Waals surface area (Å²) in [5, 5.41) is 10.4. The average Bonchev–Trinajstić information content (AvgIpc) is 2.90. The normalized spacial score (nSPS) is 19.9. The third-order valence-electron chi connectivity index (χ3n) is 3.96. The lowest BCUT2D eigenvalue weighted by atomic mass is 9.97. The standard InChI is InChI=1S/C15H23NO3S/c1-15(17,14-9-3-2-4-10-14)12-16-20(18,19)11-13-7-5-6-8-13/h2-4,9-10,13,16-17H,5-8,11-12H2,1H3. The van der Waals surface area contributed by atoms with Gasteiger partial charge in [-0.3, -0.25) is 0 Å².